The third-order valence-electron chi connectivity index (χ3n) is 5.88. The van der Waals surface area contributed by atoms with E-state index in [1.165, 1.54) is 54.6 Å². The molecule has 2 heterocycles. The van der Waals surface area contributed by atoms with E-state index in [1.54, 1.807) is 0 Å². The lowest BCUT2D eigenvalue weighted by atomic mass is 9.89. The molecule has 154 valence electrons. The molecule has 1 N–H and O–H groups in total. The molecule has 1 aliphatic carbocycles. The van der Waals surface area contributed by atoms with E-state index in [9.17, 15) is 9.59 Å². The number of thiazole rings is 1. The molecular formula is C23H29N3O2S. The molecule has 1 amide bonds. The van der Waals surface area contributed by atoms with Gasteiger partial charge in [0.1, 0.15) is 0 Å². The van der Waals surface area contributed by atoms with Crippen molar-refractivity contribution >= 4 is 28.2 Å². The lowest BCUT2D eigenvalue weighted by molar-refractivity contribution is -0.116. The van der Waals surface area contributed by atoms with Gasteiger partial charge in [-0.05, 0) is 68.8 Å². The van der Waals surface area contributed by atoms with Gasteiger partial charge in [0, 0.05) is 30.3 Å². The number of nitrogens with zero attached hydrogens (tertiary/aromatic N) is 2. The maximum atomic E-state index is 12.5. The smallest absolute Gasteiger partial charge is 0.226 e. The van der Waals surface area contributed by atoms with Gasteiger partial charge in [-0.25, -0.2) is 4.98 Å². The number of piperidine rings is 1. The number of likely N-dealkylation sites (tertiary alicyclic amines) is 1. The van der Waals surface area contributed by atoms with Crippen molar-refractivity contribution in [1.82, 2.24) is 9.88 Å². The van der Waals surface area contributed by atoms with E-state index in [-0.39, 0.29) is 24.5 Å². The highest BCUT2D eigenvalue weighted by Gasteiger charge is 2.16. The minimum Gasteiger partial charge on any atom is -0.302 e. The molecular weight excluding hydrogens is 382 g/mol. The molecule has 0 bridgehead atoms. The van der Waals surface area contributed by atoms with Crippen LogP contribution >= 0.6 is 11.3 Å². The molecule has 4 rings (SSSR count). The number of amides is 1. The zero-order valence-electron chi connectivity index (χ0n) is 16.9. The fourth-order valence-corrected chi connectivity index (χ4v) is 4.96. The Morgan fingerprint density at radius 1 is 1.00 bits per heavy atom. The summed E-state index contributed by atoms with van der Waals surface area (Å²) in [5.74, 6) is -0.103. The zero-order chi connectivity index (χ0) is 20.1. The monoisotopic (exact) mass is 411 g/mol. The predicted molar refractivity (Wildman–Crippen MR) is 117 cm³/mol. The fraction of sp³-hybridized carbons (Fsp3) is 0.522. The summed E-state index contributed by atoms with van der Waals surface area (Å²) in [4.78, 5) is 31.7. The van der Waals surface area contributed by atoms with Crippen molar-refractivity contribution in [2.45, 2.75) is 64.3 Å². The number of nitrogens with one attached hydrogen (secondary N) is 1. The Bertz CT molecular complexity index is 871. The Labute approximate surface area is 176 Å². The van der Waals surface area contributed by atoms with E-state index >= 15 is 0 Å². The Balaban J connectivity index is 1.25. The second kappa shape index (κ2) is 9.63. The number of hydrogen-bond donors (Lipinski definition) is 1. The van der Waals surface area contributed by atoms with Gasteiger partial charge in [0.2, 0.25) is 5.91 Å². The van der Waals surface area contributed by atoms with E-state index in [1.807, 2.05) is 17.5 Å². The first-order chi connectivity index (χ1) is 14.2. The van der Waals surface area contributed by atoms with Crippen LogP contribution in [0, 0.1) is 0 Å². The molecule has 2 aliphatic rings. The van der Waals surface area contributed by atoms with Gasteiger partial charge in [-0.3, -0.25) is 14.5 Å². The number of fused-ring (bicyclic) bond motifs is 1. The molecule has 5 nitrogen and oxygen atoms in total. The third-order valence-corrected chi connectivity index (χ3v) is 6.69. The standard InChI is InChI=1S/C23H29N3O2S/c27-21(19-9-8-17-6-2-3-7-18(17)14-19)10-11-22(28)25-23-24-20(16-29-23)15-26-12-4-1-5-13-26/h8-9,14,16H,1-7,10-13,15H2,(H,24,25,28). The quantitative estimate of drug-likeness (QED) is 0.676. The maximum Gasteiger partial charge on any atom is 0.226 e. The molecule has 1 aromatic heterocycles. The van der Waals surface area contributed by atoms with E-state index < -0.39 is 0 Å². The Hall–Kier alpha value is -2.05. The average Bonchev–Trinajstić information content (AvgIpc) is 3.19. The normalized spacial score (nSPS) is 17.0. The van der Waals surface area contributed by atoms with Gasteiger partial charge in [-0.2, -0.15) is 0 Å². The highest BCUT2D eigenvalue weighted by Crippen LogP contribution is 2.23. The van der Waals surface area contributed by atoms with E-state index in [4.69, 9.17) is 0 Å². The largest absolute Gasteiger partial charge is 0.302 e. The first-order valence-corrected chi connectivity index (χ1v) is 11.7. The van der Waals surface area contributed by atoms with Gasteiger partial charge < -0.3 is 5.32 Å². The van der Waals surface area contributed by atoms with E-state index in [2.05, 4.69) is 21.3 Å². The highest BCUT2D eigenvalue weighted by atomic mass is 32.1. The summed E-state index contributed by atoms with van der Waals surface area (Å²) in [5.41, 5.74) is 4.42. The van der Waals surface area contributed by atoms with Crippen molar-refractivity contribution in [3.8, 4) is 0 Å². The number of ketones is 1. The molecule has 2 aromatic rings. The van der Waals surface area contributed by atoms with Gasteiger partial charge >= 0.3 is 0 Å². The second-order valence-electron chi connectivity index (χ2n) is 8.14. The molecule has 6 heteroatoms. The van der Waals surface area contributed by atoms with Crippen LogP contribution in [-0.4, -0.2) is 34.7 Å². The molecule has 0 spiro atoms. The van der Waals surface area contributed by atoms with Crippen LogP contribution in [0.1, 0.15) is 72.1 Å². The molecule has 1 aliphatic heterocycles. The average molecular weight is 412 g/mol. The topological polar surface area (TPSA) is 62.3 Å². The van der Waals surface area contributed by atoms with Crippen LogP contribution in [0.2, 0.25) is 0 Å². The van der Waals surface area contributed by atoms with Crippen molar-refractivity contribution in [3.05, 3.63) is 46.0 Å². The van der Waals surface area contributed by atoms with Crippen LogP contribution in [0.5, 0.6) is 0 Å². The van der Waals surface area contributed by atoms with Crippen LogP contribution < -0.4 is 5.32 Å². The third kappa shape index (κ3) is 5.52. The van der Waals surface area contributed by atoms with Crippen LogP contribution in [0.25, 0.3) is 0 Å². The number of benzene rings is 1. The second-order valence-corrected chi connectivity index (χ2v) is 9.00. The lowest BCUT2D eigenvalue weighted by Gasteiger charge is -2.25. The van der Waals surface area contributed by atoms with Crippen molar-refractivity contribution in [2.75, 3.05) is 18.4 Å². The summed E-state index contributed by atoms with van der Waals surface area (Å²) in [6, 6.07) is 6.03. The predicted octanol–water partition coefficient (Wildman–Crippen LogP) is 4.61. The summed E-state index contributed by atoms with van der Waals surface area (Å²) in [5, 5.41) is 5.50. The van der Waals surface area contributed by atoms with Crippen molar-refractivity contribution < 1.29 is 9.59 Å². The minimum absolute atomic E-state index is 0.0402. The van der Waals surface area contributed by atoms with Crippen molar-refractivity contribution in [2.24, 2.45) is 0 Å². The van der Waals surface area contributed by atoms with Crippen LogP contribution in [0.3, 0.4) is 0 Å². The zero-order valence-corrected chi connectivity index (χ0v) is 17.7. The number of hydrogen-bond acceptors (Lipinski definition) is 5. The molecule has 1 aromatic carbocycles. The molecule has 0 unspecified atom stereocenters. The number of rotatable bonds is 7. The summed E-state index contributed by atoms with van der Waals surface area (Å²) in [6.45, 7) is 3.11. The number of anilines is 1. The van der Waals surface area contributed by atoms with Gasteiger partial charge in [0.25, 0.3) is 0 Å². The molecule has 0 radical (unpaired) electrons. The number of aryl methyl sites for hydroxylation is 2. The maximum absolute atomic E-state index is 12.5. The van der Waals surface area contributed by atoms with Crippen molar-refractivity contribution in [3.63, 3.8) is 0 Å². The summed E-state index contributed by atoms with van der Waals surface area (Å²) in [6.07, 6.45) is 8.85. The number of carbonyl (C=O) groups is 2. The van der Waals surface area contributed by atoms with Gasteiger partial charge in [-0.15, -0.1) is 11.3 Å². The van der Waals surface area contributed by atoms with Gasteiger partial charge in [0.05, 0.1) is 5.69 Å². The Kier molecular flexibility index (Phi) is 6.72. The minimum atomic E-state index is -0.143. The molecule has 0 saturated carbocycles. The number of carbonyl (C=O) groups excluding carboxylic acids is 2. The van der Waals surface area contributed by atoms with Gasteiger partial charge in [0.15, 0.2) is 10.9 Å². The number of Topliss-reactive ketones (excluding diaryl/α,β-unsaturated/α-hetero) is 1. The first-order valence-electron chi connectivity index (χ1n) is 10.8. The summed E-state index contributed by atoms with van der Waals surface area (Å²) in [7, 11) is 0. The summed E-state index contributed by atoms with van der Waals surface area (Å²) >= 11 is 1.46. The first kappa shape index (κ1) is 20.2. The summed E-state index contributed by atoms with van der Waals surface area (Å²) < 4.78 is 0. The molecule has 0 atom stereocenters. The van der Waals surface area contributed by atoms with Crippen LogP contribution in [0.15, 0.2) is 23.6 Å². The van der Waals surface area contributed by atoms with Crippen LogP contribution in [0.4, 0.5) is 5.13 Å². The fourth-order valence-electron chi connectivity index (χ4n) is 4.24. The van der Waals surface area contributed by atoms with E-state index in [0.29, 0.717) is 5.13 Å². The van der Waals surface area contributed by atoms with Gasteiger partial charge in [-0.1, -0.05) is 18.6 Å². The lowest BCUT2D eigenvalue weighted by Crippen LogP contribution is -2.29. The SMILES string of the molecule is O=C(CCC(=O)c1ccc2c(c1)CCCC2)Nc1nc(CN2CCCCC2)cs1. The molecule has 1 saturated heterocycles. The Morgan fingerprint density at radius 2 is 1.79 bits per heavy atom. The number of aromatic nitrogens is 1. The Morgan fingerprint density at radius 3 is 2.62 bits per heavy atom. The molecule has 1 fully saturated rings. The van der Waals surface area contributed by atoms with Crippen molar-refractivity contribution in [1.29, 1.82) is 0 Å². The highest BCUT2D eigenvalue weighted by molar-refractivity contribution is 7.13. The van der Waals surface area contributed by atoms with E-state index in [0.717, 1.165) is 43.7 Å². The van der Waals surface area contributed by atoms with Crippen LogP contribution in [-0.2, 0) is 24.2 Å². The molecule has 29 heavy (non-hydrogen) atoms.